The monoisotopic (exact) mass is 253 g/mol. The zero-order valence-electron chi connectivity index (χ0n) is 10.2. The lowest BCUT2D eigenvalue weighted by molar-refractivity contribution is -0.383. The number of hydrogen-bond donors (Lipinski definition) is 2. The highest BCUT2D eigenvalue weighted by Crippen LogP contribution is 2.24. The first-order valence-corrected chi connectivity index (χ1v) is 5.31. The number of anilines is 1. The molecule has 1 atom stereocenters. The first kappa shape index (κ1) is 13.9. The molecule has 1 aromatic carbocycles. The Kier molecular flexibility index (Phi) is 4.61. The SMILES string of the molecule is COC(C)CNC(=O)c1cccc([N+](=O)[O-])c1N. The van der Waals surface area contributed by atoms with Gasteiger partial charge in [-0.05, 0) is 13.0 Å². The maximum atomic E-state index is 11.8. The van der Waals surface area contributed by atoms with Crippen LogP contribution >= 0.6 is 0 Å². The van der Waals surface area contributed by atoms with Crippen molar-refractivity contribution < 1.29 is 14.5 Å². The average Bonchev–Trinajstić information content (AvgIpc) is 2.35. The standard InChI is InChI=1S/C11H15N3O4/c1-7(18-2)6-13-11(15)8-4-3-5-9(10(8)12)14(16)17/h3-5,7H,6,12H2,1-2H3,(H,13,15). The van der Waals surface area contributed by atoms with Crippen molar-refractivity contribution in [3.63, 3.8) is 0 Å². The van der Waals surface area contributed by atoms with Gasteiger partial charge in [-0.15, -0.1) is 0 Å². The van der Waals surface area contributed by atoms with Crippen molar-refractivity contribution in [1.82, 2.24) is 5.32 Å². The first-order chi connectivity index (χ1) is 8.47. The van der Waals surface area contributed by atoms with E-state index in [9.17, 15) is 14.9 Å². The molecule has 7 nitrogen and oxygen atoms in total. The van der Waals surface area contributed by atoms with Crippen LogP contribution < -0.4 is 11.1 Å². The largest absolute Gasteiger partial charge is 0.393 e. The van der Waals surface area contributed by atoms with Gasteiger partial charge in [-0.3, -0.25) is 14.9 Å². The number of ether oxygens (including phenoxy) is 1. The molecule has 0 fully saturated rings. The summed E-state index contributed by atoms with van der Waals surface area (Å²) in [6, 6.07) is 4.11. The summed E-state index contributed by atoms with van der Waals surface area (Å²) in [6.07, 6.45) is -0.145. The molecule has 98 valence electrons. The molecule has 0 aliphatic heterocycles. The number of nitrogen functional groups attached to an aromatic ring is 1. The van der Waals surface area contributed by atoms with Gasteiger partial charge >= 0.3 is 0 Å². The van der Waals surface area contributed by atoms with E-state index in [1.54, 1.807) is 6.92 Å². The molecule has 1 unspecified atom stereocenters. The number of para-hydroxylation sites is 1. The number of nitrogens with zero attached hydrogens (tertiary/aromatic N) is 1. The van der Waals surface area contributed by atoms with Crippen LogP contribution in [0.25, 0.3) is 0 Å². The molecule has 0 bridgehead atoms. The van der Waals surface area contributed by atoms with Gasteiger partial charge in [0.05, 0.1) is 16.6 Å². The van der Waals surface area contributed by atoms with E-state index in [4.69, 9.17) is 10.5 Å². The quantitative estimate of drug-likeness (QED) is 0.461. The minimum absolute atomic E-state index is 0.0903. The van der Waals surface area contributed by atoms with Gasteiger partial charge in [-0.25, -0.2) is 0 Å². The maximum absolute atomic E-state index is 11.8. The van der Waals surface area contributed by atoms with Crippen LogP contribution in [0, 0.1) is 10.1 Å². The Morgan fingerprint density at radius 3 is 2.83 bits per heavy atom. The van der Waals surface area contributed by atoms with Gasteiger partial charge in [-0.2, -0.15) is 0 Å². The van der Waals surface area contributed by atoms with Crippen molar-refractivity contribution in [3.05, 3.63) is 33.9 Å². The van der Waals surface area contributed by atoms with E-state index < -0.39 is 10.8 Å². The molecule has 18 heavy (non-hydrogen) atoms. The molecule has 3 N–H and O–H groups in total. The summed E-state index contributed by atoms with van der Waals surface area (Å²) < 4.78 is 4.97. The van der Waals surface area contributed by atoms with Crippen molar-refractivity contribution in [2.75, 3.05) is 19.4 Å². The Labute approximate surface area is 104 Å². The van der Waals surface area contributed by atoms with Crippen LogP contribution in [0.5, 0.6) is 0 Å². The number of rotatable bonds is 5. The van der Waals surface area contributed by atoms with Gasteiger partial charge in [0.25, 0.3) is 11.6 Å². The number of methoxy groups -OCH3 is 1. The lowest BCUT2D eigenvalue weighted by atomic mass is 10.1. The van der Waals surface area contributed by atoms with Gasteiger partial charge in [0.2, 0.25) is 0 Å². The van der Waals surface area contributed by atoms with Crippen LogP contribution in [0.1, 0.15) is 17.3 Å². The Morgan fingerprint density at radius 2 is 2.28 bits per heavy atom. The van der Waals surface area contributed by atoms with Gasteiger partial charge in [0, 0.05) is 19.7 Å². The zero-order valence-corrected chi connectivity index (χ0v) is 10.2. The highest BCUT2D eigenvalue weighted by atomic mass is 16.6. The normalized spacial score (nSPS) is 11.9. The van der Waals surface area contributed by atoms with Crippen molar-refractivity contribution in [1.29, 1.82) is 0 Å². The van der Waals surface area contributed by atoms with Gasteiger partial charge < -0.3 is 15.8 Å². The lowest BCUT2D eigenvalue weighted by Gasteiger charge is -2.11. The van der Waals surface area contributed by atoms with E-state index in [-0.39, 0.29) is 23.0 Å². The number of benzene rings is 1. The van der Waals surface area contributed by atoms with Gasteiger partial charge in [-0.1, -0.05) is 6.07 Å². The van der Waals surface area contributed by atoms with E-state index in [1.807, 2.05) is 0 Å². The summed E-state index contributed by atoms with van der Waals surface area (Å²) in [4.78, 5) is 21.9. The number of amides is 1. The number of hydrogen-bond acceptors (Lipinski definition) is 5. The fourth-order valence-corrected chi connectivity index (χ4v) is 1.33. The summed E-state index contributed by atoms with van der Waals surface area (Å²) in [5, 5.41) is 13.3. The van der Waals surface area contributed by atoms with E-state index in [0.717, 1.165) is 0 Å². The summed E-state index contributed by atoms with van der Waals surface area (Å²) in [7, 11) is 1.53. The molecule has 7 heteroatoms. The maximum Gasteiger partial charge on any atom is 0.292 e. The molecular formula is C11H15N3O4. The van der Waals surface area contributed by atoms with Crippen LogP contribution in [0.15, 0.2) is 18.2 Å². The number of carbonyl (C=O) groups is 1. The minimum atomic E-state index is -0.621. The van der Waals surface area contributed by atoms with Crippen molar-refractivity contribution in [3.8, 4) is 0 Å². The van der Waals surface area contributed by atoms with E-state index in [0.29, 0.717) is 6.54 Å². The summed E-state index contributed by atoms with van der Waals surface area (Å²) in [5.41, 5.74) is 5.27. The Morgan fingerprint density at radius 1 is 1.61 bits per heavy atom. The molecule has 0 radical (unpaired) electrons. The highest BCUT2D eigenvalue weighted by molar-refractivity contribution is 6.00. The number of nitrogens with one attached hydrogen (secondary N) is 1. The first-order valence-electron chi connectivity index (χ1n) is 5.31. The molecule has 0 aliphatic rings. The van der Waals surface area contributed by atoms with Crippen LogP contribution in [0.3, 0.4) is 0 Å². The number of carbonyl (C=O) groups excluding carboxylic acids is 1. The third-order valence-corrected chi connectivity index (χ3v) is 2.48. The van der Waals surface area contributed by atoms with Crippen LogP contribution in [-0.4, -0.2) is 30.6 Å². The lowest BCUT2D eigenvalue weighted by Crippen LogP contribution is -2.32. The molecule has 0 heterocycles. The summed E-state index contributed by atoms with van der Waals surface area (Å²) in [6.45, 7) is 2.09. The van der Waals surface area contributed by atoms with E-state index in [1.165, 1.54) is 25.3 Å². The predicted molar refractivity (Wildman–Crippen MR) is 66.3 cm³/mol. The van der Waals surface area contributed by atoms with Crippen LogP contribution in [0.4, 0.5) is 11.4 Å². The van der Waals surface area contributed by atoms with Crippen molar-refractivity contribution >= 4 is 17.3 Å². The predicted octanol–water partition coefficient (Wildman–Crippen LogP) is 0.942. The van der Waals surface area contributed by atoms with Crippen molar-refractivity contribution in [2.45, 2.75) is 13.0 Å². The van der Waals surface area contributed by atoms with Crippen LogP contribution in [0.2, 0.25) is 0 Å². The fraction of sp³-hybridized carbons (Fsp3) is 0.364. The molecule has 0 saturated heterocycles. The Hall–Kier alpha value is -2.15. The summed E-state index contributed by atoms with van der Waals surface area (Å²) in [5.74, 6) is -0.458. The van der Waals surface area contributed by atoms with Gasteiger partial charge in [0.15, 0.2) is 0 Å². The van der Waals surface area contributed by atoms with E-state index >= 15 is 0 Å². The van der Waals surface area contributed by atoms with Crippen LogP contribution in [-0.2, 0) is 4.74 Å². The average molecular weight is 253 g/mol. The fourth-order valence-electron chi connectivity index (χ4n) is 1.33. The third-order valence-electron chi connectivity index (χ3n) is 2.48. The number of nitro groups is 1. The molecule has 0 spiro atoms. The number of nitro benzene ring substituents is 1. The minimum Gasteiger partial charge on any atom is -0.393 e. The Bertz CT molecular complexity index is 462. The molecular weight excluding hydrogens is 238 g/mol. The summed E-state index contributed by atoms with van der Waals surface area (Å²) >= 11 is 0. The zero-order chi connectivity index (χ0) is 13.7. The third kappa shape index (κ3) is 3.17. The molecule has 1 aromatic rings. The molecule has 1 amide bonds. The molecule has 0 saturated carbocycles. The molecule has 0 aromatic heterocycles. The number of nitrogens with two attached hydrogens (primary N) is 1. The second-order valence-corrected chi connectivity index (χ2v) is 3.75. The van der Waals surface area contributed by atoms with Crippen molar-refractivity contribution in [2.24, 2.45) is 0 Å². The molecule has 1 rings (SSSR count). The highest BCUT2D eigenvalue weighted by Gasteiger charge is 2.18. The van der Waals surface area contributed by atoms with E-state index in [2.05, 4.69) is 5.32 Å². The second-order valence-electron chi connectivity index (χ2n) is 3.75. The topological polar surface area (TPSA) is 107 Å². The molecule has 0 aliphatic carbocycles. The van der Waals surface area contributed by atoms with Gasteiger partial charge in [0.1, 0.15) is 5.69 Å². The Balaban J connectivity index is 2.86. The smallest absolute Gasteiger partial charge is 0.292 e. The second kappa shape index (κ2) is 5.97.